The van der Waals surface area contributed by atoms with Crippen LogP contribution in [0.5, 0.6) is 0 Å². The van der Waals surface area contributed by atoms with Crippen LogP contribution in [0.4, 0.5) is 4.79 Å². The molecule has 2 atom stereocenters. The fourth-order valence-electron chi connectivity index (χ4n) is 3.07. The molecule has 0 spiro atoms. The number of carbonyl (C=O) groups is 2. The molecule has 2 heterocycles. The van der Waals surface area contributed by atoms with Gasteiger partial charge < -0.3 is 20.2 Å². The number of carboxylic acid groups (broad SMARTS) is 1. The minimum Gasteiger partial charge on any atom is -0.481 e. The number of piperidine rings is 1. The molecule has 0 saturated carbocycles. The summed E-state index contributed by atoms with van der Waals surface area (Å²) in [5.74, 6) is -1.20. The van der Waals surface area contributed by atoms with Gasteiger partial charge in [0.1, 0.15) is 0 Å². The Hall–Kier alpha value is -1.30. The van der Waals surface area contributed by atoms with Crippen molar-refractivity contribution in [1.82, 2.24) is 15.1 Å². The molecule has 0 radical (unpaired) electrons. The maximum absolute atomic E-state index is 12.0. The zero-order valence-corrected chi connectivity index (χ0v) is 12.2. The van der Waals surface area contributed by atoms with E-state index in [1.165, 1.54) is 19.3 Å². The van der Waals surface area contributed by atoms with Gasteiger partial charge in [0.25, 0.3) is 0 Å². The van der Waals surface area contributed by atoms with Gasteiger partial charge in [0.05, 0.1) is 5.92 Å². The highest BCUT2D eigenvalue weighted by molar-refractivity contribution is 5.77. The topological polar surface area (TPSA) is 72.9 Å². The number of aliphatic carboxylic acids is 1. The molecular weight excluding hydrogens is 258 g/mol. The Kier molecular flexibility index (Phi) is 5.23. The third-order valence-electron chi connectivity index (χ3n) is 4.37. The Morgan fingerprint density at radius 3 is 2.50 bits per heavy atom. The normalized spacial score (nSPS) is 27.6. The van der Waals surface area contributed by atoms with Crippen molar-refractivity contribution in [1.29, 1.82) is 0 Å². The van der Waals surface area contributed by atoms with Crippen molar-refractivity contribution in [3.8, 4) is 0 Å². The predicted octanol–water partition coefficient (Wildman–Crippen LogP) is 0.834. The van der Waals surface area contributed by atoms with Crippen molar-refractivity contribution in [2.45, 2.75) is 26.2 Å². The summed E-state index contributed by atoms with van der Waals surface area (Å²) in [6.07, 6.45) is 3.81. The number of rotatable bonds is 4. The first-order chi connectivity index (χ1) is 9.58. The van der Waals surface area contributed by atoms with E-state index >= 15 is 0 Å². The van der Waals surface area contributed by atoms with Gasteiger partial charge in [-0.05, 0) is 31.8 Å². The molecule has 2 N–H and O–H groups in total. The standard InChI is InChI=1S/C14H25N3O3/c1-11-9-17(10-12(11)13(18)19)14(20)15-5-8-16-6-3-2-4-7-16/h11-12H,2-10H2,1H3,(H,15,20)(H,18,19). The molecule has 2 fully saturated rings. The van der Waals surface area contributed by atoms with Gasteiger partial charge in [-0.1, -0.05) is 13.3 Å². The van der Waals surface area contributed by atoms with Gasteiger partial charge in [-0.2, -0.15) is 0 Å². The van der Waals surface area contributed by atoms with Crippen molar-refractivity contribution in [3.05, 3.63) is 0 Å². The zero-order valence-electron chi connectivity index (χ0n) is 12.2. The highest BCUT2D eigenvalue weighted by atomic mass is 16.4. The zero-order chi connectivity index (χ0) is 14.5. The molecule has 2 rings (SSSR count). The predicted molar refractivity (Wildman–Crippen MR) is 75.6 cm³/mol. The highest BCUT2D eigenvalue weighted by Gasteiger charge is 2.36. The molecule has 6 nitrogen and oxygen atoms in total. The van der Waals surface area contributed by atoms with Crippen LogP contribution in [-0.4, -0.2) is 66.2 Å². The number of hydrogen-bond donors (Lipinski definition) is 2. The SMILES string of the molecule is CC1CN(C(=O)NCCN2CCCCC2)CC1C(=O)O. The van der Waals surface area contributed by atoms with Gasteiger partial charge in [-0.3, -0.25) is 4.79 Å². The van der Waals surface area contributed by atoms with Crippen LogP contribution in [0.1, 0.15) is 26.2 Å². The molecule has 0 bridgehead atoms. The van der Waals surface area contributed by atoms with Crippen molar-refractivity contribution >= 4 is 12.0 Å². The molecule has 2 aliphatic rings. The fourth-order valence-corrected chi connectivity index (χ4v) is 3.07. The summed E-state index contributed by atoms with van der Waals surface area (Å²) in [6.45, 7) is 6.52. The van der Waals surface area contributed by atoms with Crippen LogP contribution in [0, 0.1) is 11.8 Å². The Morgan fingerprint density at radius 1 is 1.20 bits per heavy atom. The van der Waals surface area contributed by atoms with E-state index in [0.29, 0.717) is 19.6 Å². The second kappa shape index (κ2) is 6.92. The molecule has 0 aromatic carbocycles. The summed E-state index contributed by atoms with van der Waals surface area (Å²) in [5.41, 5.74) is 0. The van der Waals surface area contributed by atoms with Crippen LogP contribution < -0.4 is 5.32 Å². The van der Waals surface area contributed by atoms with Crippen molar-refractivity contribution in [2.24, 2.45) is 11.8 Å². The number of nitrogens with zero attached hydrogens (tertiary/aromatic N) is 2. The maximum Gasteiger partial charge on any atom is 0.317 e. The number of nitrogens with one attached hydrogen (secondary N) is 1. The lowest BCUT2D eigenvalue weighted by Crippen LogP contribution is -2.43. The first-order valence-corrected chi connectivity index (χ1v) is 7.56. The van der Waals surface area contributed by atoms with E-state index in [4.69, 9.17) is 5.11 Å². The summed E-state index contributed by atoms with van der Waals surface area (Å²) in [6, 6.07) is -0.127. The van der Waals surface area contributed by atoms with Crippen LogP contribution >= 0.6 is 0 Å². The van der Waals surface area contributed by atoms with Gasteiger partial charge in [0, 0.05) is 26.2 Å². The van der Waals surface area contributed by atoms with Crippen LogP contribution in [0.2, 0.25) is 0 Å². The quantitative estimate of drug-likeness (QED) is 0.802. The van der Waals surface area contributed by atoms with Gasteiger partial charge in [0.2, 0.25) is 0 Å². The summed E-state index contributed by atoms with van der Waals surface area (Å²) in [5, 5.41) is 12.0. The Bertz CT molecular complexity index is 356. The Morgan fingerprint density at radius 2 is 1.90 bits per heavy atom. The summed E-state index contributed by atoms with van der Waals surface area (Å²) in [7, 11) is 0. The first-order valence-electron chi connectivity index (χ1n) is 7.56. The molecule has 2 aliphatic heterocycles. The number of hydrogen-bond acceptors (Lipinski definition) is 3. The number of carboxylic acids is 1. The molecule has 0 aliphatic carbocycles. The molecule has 114 valence electrons. The number of amides is 2. The van der Waals surface area contributed by atoms with E-state index in [1.54, 1.807) is 4.90 Å². The molecule has 0 aromatic rings. The lowest BCUT2D eigenvalue weighted by Gasteiger charge is -2.26. The van der Waals surface area contributed by atoms with Crippen LogP contribution in [0.25, 0.3) is 0 Å². The van der Waals surface area contributed by atoms with Crippen molar-refractivity contribution < 1.29 is 14.7 Å². The molecule has 2 amide bonds. The van der Waals surface area contributed by atoms with E-state index in [1.807, 2.05) is 6.92 Å². The van der Waals surface area contributed by atoms with Crippen molar-refractivity contribution in [3.63, 3.8) is 0 Å². The Labute approximate surface area is 120 Å². The largest absolute Gasteiger partial charge is 0.481 e. The summed E-state index contributed by atoms with van der Waals surface area (Å²) >= 11 is 0. The molecule has 2 unspecified atom stereocenters. The number of likely N-dealkylation sites (tertiary alicyclic amines) is 2. The average molecular weight is 283 g/mol. The van der Waals surface area contributed by atoms with E-state index in [9.17, 15) is 9.59 Å². The second-order valence-corrected chi connectivity index (χ2v) is 5.96. The van der Waals surface area contributed by atoms with E-state index in [0.717, 1.165) is 19.6 Å². The van der Waals surface area contributed by atoms with Crippen LogP contribution in [0.3, 0.4) is 0 Å². The lowest BCUT2D eigenvalue weighted by molar-refractivity contribution is -0.142. The number of carbonyl (C=O) groups excluding carboxylic acids is 1. The van der Waals surface area contributed by atoms with Gasteiger partial charge in [-0.25, -0.2) is 4.79 Å². The maximum atomic E-state index is 12.0. The smallest absolute Gasteiger partial charge is 0.317 e. The molecular formula is C14H25N3O3. The Balaban J connectivity index is 1.68. The highest BCUT2D eigenvalue weighted by Crippen LogP contribution is 2.22. The second-order valence-electron chi connectivity index (χ2n) is 5.96. The fraction of sp³-hybridized carbons (Fsp3) is 0.857. The monoisotopic (exact) mass is 283 g/mol. The van der Waals surface area contributed by atoms with Crippen LogP contribution in [-0.2, 0) is 4.79 Å². The third-order valence-corrected chi connectivity index (χ3v) is 4.37. The van der Waals surface area contributed by atoms with Gasteiger partial charge in [0.15, 0.2) is 0 Å². The van der Waals surface area contributed by atoms with E-state index in [2.05, 4.69) is 10.2 Å². The minimum absolute atomic E-state index is 0.0281. The molecule has 6 heteroatoms. The van der Waals surface area contributed by atoms with E-state index < -0.39 is 11.9 Å². The summed E-state index contributed by atoms with van der Waals surface area (Å²) < 4.78 is 0. The van der Waals surface area contributed by atoms with Crippen LogP contribution in [0.15, 0.2) is 0 Å². The molecule has 20 heavy (non-hydrogen) atoms. The van der Waals surface area contributed by atoms with E-state index in [-0.39, 0.29) is 11.9 Å². The number of urea groups is 1. The molecule has 2 saturated heterocycles. The van der Waals surface area contributed by atoms with Gasteiger partial charge >= 0.3 is 12.0 Å². The van der Waals surface area contributed by atoms with Gasteiger partial charge in [-0.15, -0.1) is 0 Å². The third kappa shape index (κ3) is 3.85. The average Bonchev–Trinajstić information content (AvgIpc) is 2.82. The lowest BCUT2D eigenvalue weighted by atomic mass is 9.99. The van der Waals surface area contributed by atoms with Crippen molar-refractivity contribution in [2.75, 3.05) is 39.3 Å². The summed E-state index contributed by atoms with van der Waals surface area (Å²) in [4.78, 5) is 27.0. The minimum atomic E-state index is -0.805. The molecule has 0 aromatic heterocycles. The first kappa shape index (κ1) is 15.1.